The molecule has 0 radical (unpaired) electrons. The van der Waals surface area contributed by atoms with E-state index in [0.29, 0.717) is 12.8 Å². The number of rotatable bonds is 4. The molecule has 0 saturated heterocycles. The topological polar surface area (TPSA) is 63.2 Å². The summed E-state index contributed by atoms with van der Waals surface area (Å²) in [5.41, 5.74) is 0. The van der Waals surface area contributed by atoms with E-state index in [1.54, 1.807) is 30.3 Å². The minimum absolute atomic E-state index is 0. The van der Waals surface area contributed by atoms with Gasteiger partial charge in [0, 0.05) is 6.42 Å². The molecular weight excluding hydrogens is 240 g/mol. The van der Waals surface area contributed by atoms with Gasteiger partial charge in [-0.15, -0.1) is 12.4 Å². The minimum atomic E-state index is -4.02. The second kappa shape index (κ2) is 5.48. The Morgan fingerprint density at radius 3 is 2.47 bits per heavy atom. The molecule has 0 bridgehead atoms. The molecule has 0 aromatic carbocycles. The molecule has 1 unspecified atom stereocenters. The predicted octanol–water partition coefficient (Wildman–Crippen LogP) is 0.921. The van der Waals surface area contributed by atoms with Crippen LogP contribution in [-0.2, 0) is 17.2 Å². The molecule has 0 fully saturated rings. The standard InChI is InChI=1S/C8H14N2O3S.ClH/c1-3-4-8(14(11,12)13)10-6-5-9(2)7-10;/h5-8H,3-4H2,1-2H3;1H/p+1. The zero-order valence-corrected chi connectivity index (χ0v) is 10.3. The minimum Gasteiger partial charge on any atom is -0.282 e. The van der Waals surface area contributed by atoms with Gasteiger partial charge in [0.05, 0.1) is 7.05 Å². The normalized spacial score (nSPS) is 13.3. The average molecular weight is 256 g/mol. The number of imidazole rings is 1. The number of aryl methyl sites for hydroxylation is 1. The second-order valence-electron chi connectivity index (χ2n) is 3.28. The van der Waals surface area contributed by atoms with Gasteiger partial charge in [-0.25, -0.2) is 9.13 Å². The maximum absolute atomic E-state index is 11.1. The van der Waals surface area contributed by atoms with Gasteiger partial charge in [0.1, 0.15) is 12.4 Å². The van der Waals surface area contributed by atoms with Crippen LogP contribution in [0.15, 0.2) is 18.7 Å². The summed E-state index contributed by atoms with van der Waals surface area (Å²) in [7, 11) is -2.22. The molecule has 1 aromatic rings. The number of halogens is 1. The summed E-state index contributed by atoms with van der Waals surface area (Å²) in [6, 6.07) is 0. The van der Waals surface area contributed by atoms with Gasteiger partial charge >= 0.3 is 10.1 Å². The van der Waals surface area contributed by atoms with Crippen molar-refractivity contribution in [2.75, 3.05) is 0 Å². The Morgan fingerprint density at radius 2 is 2.13 bits per heavy atom. The van der Waals surface area contributed by atoms with Gasteiger partial charge in [-0.05, 0) is 0 Å². The summed E-state index contributed by atoms with van der Waals surface area (Å²) in [4.78, 5) is 0. The summed E-state index contributed by atoms with van der Waals surface area (Å²) in [5.74, 6) is 0. The van der Waals surface area contributed by atoms with Crippen molar-refractivity contribution in [3.8, 4) is 0 Å². The Bertz CT molecular complexity index is 402. The van der Waals surface area contributed by atoms with Crippen LogP contribution in [0.1, 0.15) is 25.1 Å². The molecule has 0 spiro atoms. The van der Waals surface area contributed by atoms with Crippen LogP contribution >= 0.6 is 12.4 Å². The van der Waals surface area contributed by atoms with E-state index in [9.17, 15) is 8.42 Å². The molecule has 0 aliphatic rings. The summed E-state index contributed by atoms with van der Waals surface area (Å²) >= 11 is 0. The van der Waals surface area contributed by atoms with Crippen LogP contribution in [0.5, 0.6) is 0 Å². The van der Waals surface area contributed by atoms with Crippen LogP contribution in [0.4, 0.5) is 0 Å². The van der Waals surface area contributed by atoms with Gasteiger partial charge in [0.2, 0.25) is 11.7 Å². The lowest BCUT2D eigenvalue weighted by atomic mass is 10.3. The van der Waals surface area contributed by atoms with Crippen molar-refractivity contribution in [2.24, 2.45) is 7.05 Å². The van der Waals surface area contributed by atoms with E-state index in [4.69, 9.17) is 4.55 Å². The third kappa shape index (κ3) is 3.81. The highest BCUT2D eigenvalue weighted by atomic mass is 35.5. The van der Waals surface area contributed by atoms with Gasteiger partial charge in [0.25, 0.3) is 0 Å². The first-order valence-corrected chi connectivity index (χ1v) is 5.94. The Labute approximate surface area is 95.9 Å². The van der Waals surface area contributed by atoms with E-state index in [1.165, 1.54) is 4.57 Å². The maximum atomic E-state index is 11.1. The lowest BCUT2D eigenvalue weighted by molar-refractivity contribution is -0.671. The van der Waals surface area contributed by atoms with Crippen LogP contribution in [0.25, 0.3) is 0 Å². The van der Waals surface area contributed by atoms with Crippen LogP contribution < -0.4 is 4.57 Å². The Balaban J connectivity index is 0.00000196. The van der Waals surface area contributed by atoms with E-state index in [1.807, 2.05) is 6.92 Å². The molecule has 7 heteroatoms. The van der Waals surface area contributed by atoms with Gasteiger partial charge in [-0.1, -0.05) is 13.3 Å². The number of nitrogens with zero attached hydrogens (tertiary/aromatic N) is 2. The number of aromatic nitrogens is 2. The number of hydrogen-bond acceptors (Lipinski definition) is 2. The smallest absolute Gasteiger partial charge is 0.282 e. The molecule has 5 nitrogen and oxygen atoms in total. The third-order valence-corrected chi connectivity index (χ3v) is 3.17. The molecule has 1 aromatic heterocycles. The molecule has 1 heterocycles. The monoisotopic (exact) mass is 255 g/mol. The lowest BCUT2D eigenvalue weighted by Crippen LogP contribution is -2.26. The quantitative estimate of drug-likeness (QED) is 0.643. The van der Waals surface area contributed by atoms with E-state index < -0.39 is 15.5 Å². The van der Waals surface area contributed by atoms with Crippen molar-refractivity contribution >= 4 is 22.5 Å². The second-order valence-corrected chi connectivity index (χ2v) is 4.86. The lowest BCUT2D eigenvalue weighted by Gasteiger charge is -2.08. The molecule has 0 saturated carbocycles. The fourth-order valence-electron chi connectivity index (χ4n) is 1.34. The molecule has 1 atom stereocenters. The Hall–Kier alpha value is -0.590. The van der Waals surface area contributed by atoms with Gasteiger partial charge in [-0.3, -0.25) is 4.55 Å². The van der Waals surface area contributed by atoms with Gasteiger partial charge in [0.15, 0.2) is 0 Å². The van der Waals surface area contributed by atoms with E-state index in [0.717, 1.165) is 0 Å². The highest BCUT2D eigenvalue weighted by Crippen LogP contribution is 2.18. The summed E-state index contributed by atoms with van der Waals surface area (Å²) in [5, 5.41) is -0.867. The van der Waals surface area contributed by atoms with Crippen molar-refractivity contribution in [1.82, 2.24) is 4.57 Å². The largest absolute Gasteiger partial charge is 0.307 e. The van der Waals surface area contributed by atoms with Gasteiger partial charge < -0.3 is 0 Å². The van der Waals surface area contributed by atoms with E-state index >= 15 is 0 Å². The molecule has 15 heavy (non-hydrogen) atoms. The van der Waals surface area contributed by atoms with Crippen LogP contribution in [0.3, 0.4) is 0 Å². The van der Waals surface area contributed by atoms with Crippen LogP contribution in [0, 0.1) is 0 Å². The average Bonchev–Trinajstić information content (AvgIpc) is 2.45. The fourth-order valence-corrected chi connectivity index (χ4v) is 2.30. The fraction of sp³-hybridized carbons (Fsp3) is 0.625. The molecule has 0 aliphatic heterocycles. The molecule has 0 amide bonds. The summed E-state index contributed by atoms with van der Waals surface area (Å²) in [6.45, 7) is 1.88. The maximum Gasteiger partial charge on any atom is 0.307 e. The van der Waals surface area contributed by atoms with Crippen molar-refractivity contribution in [3.05, 3.63) is 18.7 Å². The van der Waals surface area contributed by atoms with Crippen molar-refractivity contribution in [2.45, 2.75) is 25.1 Å². The molecule has 88 valence electrons. The Kier molecular flexibility index (Phi) is 5.27. The first-order chi connectivity index (χ1) is 6.45. The van der Waals surface area contributed by atoms with E-state index in [-0.39, 0.29) is 12.4 Å². The number of hydrogen-bond donors (Lipinski definition) is 1. The molecule has 1 rings (SSSR count). The zero-order valence-electron chi connectivity index (χ0n) is 8.70. The van der Waals surface area contributed by atoms with Crippen LogP contribution in [0.2, 0.25) is 0 Å². The van der Waals surface area contributed by atoms with Crippen molar-refractivity contribution in [1.29, 1.82) is 0 Å². The van der Waals surface area contributed by atoms with Crippen molar-refractivity contribution in [3.63, 3.8) is 0 Å². The summed E-state index contributed by atoms with van der Waals surface area (Å²) in [6.07, 6.45) is 6.11. The third-order valence-electron chi connectivity index (χ3n) is 2.00. The van der Waals surface area contributed by atoms with Crippen molar-refractivity contribution < 1.29 is 17.5 Å². The Morgan fingerprint density at radius 1 is 1.53 bits per heavy atom. The van der Waals surface area contributed by atoms with Crippen LogP contribution in [-0.4, -0.2) is 17.5 Å². The summed E-state index contributed by atoms with van der Waals surface area (Å²) < 4.78 is 34.4. The molecule has 0 aliphatic carbocycles. The first kappa shape index (κ1) is 14.4. The predicted molar refractivity (Wildman–Crippen MR) is 58.3 cm³/mol. The molecule has 1 N–H and O–H groups in total. The van der Waals surface area contributed by atoms with Gasteiger partial charge in [-0.2, -0.15) is 8.42 Å². The highest BCUT2D eigenvalue weighted by Gasteiger charge is 2.28. The highest BCUT2D eigenvalue weighted by molar-refractivity contribution is 7.85. The van der Waals surface area contributed by atoms with E-state index in [2.05, 4.69) is 0 Å². The zero-order chi connectivity index (χ0) is 10.8. The SMILES string of the molecule is CCCC(n1cc[n+](C)c1)S(=O)(=O)O.Cl. The molecular formula is C8H16ClN2O3S+. The first-order valence-electron chi connectivity index (χ1n) is 4.44.